The fourth-order valence-electron chi connectivity index (χ4n) is 0.539. The fourth-order valence-corrected chi connectivity index (χ4v) is 0.539. The number of nitrogens with two attached hydrogens (primary N) is 1. The van der Waals surface area contributed by atoms with E-state index in [9.17, 15) is 4.79 Å². The number of hydrogen-bond acceptors (Lipinski definition) is 3. The van der Waals surface area contributed by atoms with Crippen LogP contribution in [-0.2, 0) is 4.74 Å². The standard InChI is InChI=1S/C10H14N2O2/c1-5-8(6-11)7-12-9(13)14-10(2,3)4/h1,6-7H,11H2,2-4H3/b8-6-,12-7+. The van der Waals surface area contributed by atoms with Crippen LogP contribution in [0.5, 0.6) is 0 Å². The molecule has 0 rings (SSSR count). The van der Waals surface area contributed by atoms with E-state index in [-0.39, 0.29) is 0 Å². The van der Waals surface area contributed by atoms with Gasteiger partial charge in [-0.2, -0.15) is 4.99 Å². The highest BCUT2D eigenvalue weighted by molar-refractivity contribution is 5.91. The van der Waals surface area contributed by atoms with Gasteiger partial charge in [0.05, 0.1) is 11.8 Å². The Labute approximate surface area is 83.8 Å². The van der Waals surface area contributed by atoms with Gasteiger partial charge in [0.25, 0.3) is 0 Å². The molecule has 0 aromatic heterocycles. The molecule has 0 aliphatic heterocycles. The van der Waals surface area contributed by atoms with Crippen molar-refractivity contribution >= 4 is 12.3 Å². The minimum absolute atomic E-state index is 0.329. The van der Waals surface area contributed by atoms with E-state index in [0.29, 0.717) is 5.57 Å². The smallest absolute Gasteiger partial charge is 0.434 e. The first-order valence-corrected chi connectivity index (χ1v) is 4.04. The maximum Gasteiger partial charge on any atom is 0.434 e. The SMILES string of the molecule is C#CC(=C/N)/C=N/C(=O)OC(C)(C)C. The Morgan fingerprint density at radius 2 is 2.14 bits per heavy atom. The molecule has 0 saturated carbocycles. The second-order valence-corrected chi connectivity index (χ2v) is 3.50. The minimum atomic E-state index is -0.688. The van der Waals surface area contributed by atoms with Crippen LogP contribution in [0, 0.1) is 12.3 Å². The zero-order valence-corrected chi connectivity index (χ0v) is 8.57. The van der Waals surface area contributed by atoms with Crippen molar-refractivity contribution < 1.29 is 9.53 Å². The molecule has 0 aliphatic carbocycles. The molecule has 4 heteroatoms. The topological polar surface area (TPSA) is 64.7 Å². The number of hydrogen-bond donors (Lipinski definition) is 1. The van der Waals surface area contributed by atoms with Crippen molar-refractivity contribution in [2.24, 2.45) is 10.7 Å². The Morgan fingerprint density at radius 3 is 2.50 bits per heavy atom. The average Bonchev–Trinajstić information content (AvgIpc) is 2.03. The van der Waals surface area contributed by atoms with Crippen molar-refractivity contribution in [1.82, 2.24) is 0 Å². The number of rotatable bonds is 1. The number of terminal acetylenes is 1. The molecule has 0 fully saturated rings. The molecule has 0 aliphatic rings. The van der Waals surface area contributed by atoms with Crippen LogP contribution in [0.25, 0.3) is 0 Å². The van der Waals surface area contributed by atoms with Crippen LogP contribution < -0.4 is 5.73 Å². The lowest BCUT2D eigenvalue weighted by molar-refractivity contribution is 0.0605. The third kappa shape index (κ3) is 5.84. The van der Waals surface area contributed by atoms with Gasteiger partial charge in [-0.05, 0) is 20.8 Å². The van der Waals surface area contributed by atoms with E-state index in [2.05, 4.69) is 10.9 Å². The van der Waals surface area contributed by atoms with E-state index in [1.165, 1.54) is 12.4 Å². The number of carbonyl (C=O) groups is 1. The Morgan fingerprint density at radius 1 is 1.57 bits per heavy atom. The lowest BCUT2D eigenvalue weighted by Gasteiger charge is -2.16. The molecule has 0 atom stereocenters. The van der Waals surface area contributed by atoms with Crippen LogP contribution in [0.2, 0.25) is 0 Å². The third-order valence-corrected chi connectivity index (χ3v) is 1.05. The quantitative estimate of drug-likeness (QED) is 0.507. The van der Waals surface area contributed by atoms with Gasteiger partial charge < -0.3 is 10.5 Å². The highest BCUT2D eigenvalue weighted by atomic mass is 16.6. The summed E-state index contributed by atoms with van der Waals surface area (Å²) in [5.41, 5.74) is 4.92. The summed E-state index contributed by atoms with van der Waals surface area (Å²) >= 11 is 0. The molecule has 0 radical (unpaired) electrons. The number of aliphatic imine (C=N–C) groups is 1. The van der Waals surface area contributed by atoms with Crippen molar-refractivity contribution in [1.29, 1.82) is 0 Å². The van der Waals surface area contributed by atoms with E-state index < -0.39 is 11.7 Å². The fraction of sp³-hybridized carbons (Fsp3) is 0.400. The summed E-state index contributed by atoms with van der Waals surface area (Å²) in [5.74, 6) is 2.25. The molecule has 0 spiro atoms. The summed E-state index contributed by atoms with van der Waals surface area (Å²) in [6, 6.07) is 0. The molecular weight excluding hydrogens is 180 g/mol. The zero-order valence-electron chi connectivity index (χ0n) is 8.57. The first-order chi connectivity index (χ1) is 6.39. The highest BCUT2D eigenvalue weighted by Gasteiger charge is 2.14. The maximum absolute atomic E-state index is 11.0. The Kier molecular flexibility index (Phi) is 4.44. The first-order valence-electron chi connectivity index (χ1n) is 4.04. The molecule has 0 bridgehead atoms. The van der Waals surface area contributed by atoms with Gasteiger partial charge in [0, 0.05) is 6.20 Å². The summed E-state index contributed by atoms with van der Waals surface area (Å²) in [6.07, 6.45) is 6.74. The largest absolute Gasteiger partial charge is 0.442 e. The molecule has 0 heterocycles. The molecule has 14 heavy (non-hydrogen) atoms. The second kappa shape index (κ2) is 5.07. The monoisotopic (exact) mass is 194 g/mol. The van der Waals surface area contributed by atoms with E-state index in [1.807, 2.05) is 0 Å². The normalized spacial score (nSPS) is 12.6. The number of ether oxygens (including phenoxy) is 1. The van der Waals surface area contributed by atoms with Gasteiger partial charge >= 0.3 is 6.09 Å². The Hall–Kier alpha value is -1.76. The molecular formula is C10H14N2O2. The molecule has 0 aromatic rings. The average molecular weight is 194 g/mol. The summed E-state index contributed by atoms with van der Waals surface area (Å²) in [6.45, 7) is 5.25. The zero-order chi connectivity index (χ0) is 11.2. The molecule has 2 N–H and O–H groups in total. The maximum atomic E-state index is 11.0. The van der Waals surface area contributed by atoms with Gasteiger partial charge in [-0.15, -0.1) is 6.42 Å². The van der Waals surface area contributed by atoms with Crippen molar-refractivity contribution in [2.75, 3.05) is 0 Å². The lowest BCUT2D eigenvalue weighted by Crippen LogP contribution is -2.21. The van der Waals surface area contributed by atoms with Crippen molar-refractivity contribution in [3.8, 4) is 12.3 Å². The number of carbonyl (C=O) groups excluding carboxylic acids is 1. The Balaban J connectivity index is 4.29. The van der Waals surface area contributed by atoms with Crippen LogP contribution in [0.1, 0.15) is 20.8 Å². The number of amides is 1. The predicted molar refractivity (Wildman–Crippen MR) is 55.8 cm³/mol. The van der Waals surface area contributed by atoms with Gasteiger partial charge in [-0.3, -0.25) is 0 Å². The second-order valence-electron chi connectivity index (χ2n) is 3.50. The summed E-state index contributed by atoms with van der Waals surface area (Å²) < 4.78 is 4.90. The Bertz CT molecular complexity index is 303. The summed E-state index contributed by atoms with van der Waals surface area (Å²) in [7, 11) is 0. The van der Waals surface area contributed by atoms with E-state index >= 15 is 0 Å². The van der Waals surface area contributed by atoms with E-state index in [1.54, 1.807) is 20.8 Å². The lowest BCUT2D eigenvalue weighted by atomic mass is 10.2. The van der Waals surface area contributed by atoms with Gasteiger partial charge in [0.15, 0.2) is 0 Å². The van der Waals surface area contributed by atoms with Crippen molar-refractivity contribution in [3.63, 3.8) is 0 Å². The predicted octanol–water partition coefficient (Wildman–Crippen LogP) is 1.47. The van der Waals surface area contributed by atoms with Crippen LogP contribution in [0.15, 0.2) is 16.8 Å². The van der Waals surface area contributed by atoms with Gasteiger partial charge in [-0.25, -0.2) is 4.79 Å². The van der Waals surface area contributed by atoms with Crippen LogP contribution >= 0.6 is 0 Å². The minimum Gasteiger partial charge on any atom is -0.442 e. The van der Waals surface area contributed by atoms with Crippen LogP contribution in [-0.4, -0.2) is 17.9 Å². The summed E-state index contributed by atoms with van der Waals surface area (Å²) in [5, 5.41) is 0. The van der Waals surface area contributed by atoms with Gasteiger partial charge in [-0.1, -0.05) is 5.92 Å². The highest BCUT2D eigenvalue weighted by Crippen LogP contribution is 2.07. The molecule has 76 valence electrons. The number of nitrogens with zero attached hydrogens (tertiary/aromatic N) is 1. The van der Waals surface area contributed by atoms with Crippen LogP contribution in [0.4, 0.5) is 4.79 Å². The molecule has 1 amide bonds. The van der Waals surface area contributed by atoms with Crippen molar-refractivity contribution in [2.45, 2.75) is 26.4 Å². The molecule has 0 unspecified atom stereocenters. The third-order valence-electron chi connectivity index (χ3n) is 1.05. The van der Waals surface area contributed by atoms with Crippen LogP contribution in [0.3, 0.4) is 0 Å². The molecule has 0 saturated heterocycles. The van der Waals surface area contributed by atoms with E-state index in [0.717, 1.165) is 0 Å². The van der Waals surface area contributed by atoms with E-state index in [4.69, 9.17) is 16.9 Å². The van der Waals surface area contributed by atoms with Gasteiger partial charge in [0.1, 0.15) is 5.60 Å². The van der Waals surface area contributed by atoms with Crippen molar-refractivity contribution in [3.05, 3.63) is 11.8 Å². The molecule has 0 aromatic carbocycles. The first kappa shape index (κ1) is 12.2. The molecule has 4 nitrogen and oxygen atoms in total. The number of allylic oxidation sites excluding steroid dienone is 1. The van der Waals surface area contributed by atoms with Gasteiger partial charge in [0.2, 0.25) is 0 Å². The summed E-state index contributed by atoms with van der Waals surface area (Å²) in [4.78, 5) is 14.5.